The molecule has 0 heterocycles. The molecule has 2 aliphatic rings. The Kier molecular flexibility index (Phi) is 2.52. The van der Waals surface area contributed by atoms with E-state index >= 15 is 0 Å². The number of carbonyl (C=O) groups excluding carboxylic acids is 1. The van der Waals surface area contributed by atoms with Crippen molar-refractivity contribution >= 4 is 11.4 Å². The number of hydrogen-bond acceptors (Lipinski definition) is 3. The molecule has 1 N–H and O–H groups in total. The Morgan fingerprint density at radius 2 is 2.21 bits per heavy atom. The Labute approximate surface area is 112 Å². The predicted molar refractivity (Wildman–Crippen MR) is 73.1 cm³/mol. The van der Waals surface area contributed by atoms with Gasteiger partial charge in [0.05, 0.1) is 13.4 Å². The Morgan fingerprint density at radius 1 is 1.42 bits per heavy atom. The van der Waals surface area contributed by atoms with Gasteiger partial charge in [-0.15, -0.1) is 0 Å². The van der Waals surface area contributed by atoms with E-state index in [-0.39, 0.29) is 11.2 Å². The second-order valence-electron chi connectivity index (χ2n) is 5.32. The molecule has 19 heavy (non-hydrogen) atoms. The summed E-state index contributed by atoms with van der Waals surface area (Å²) in [6.45, 7) is 2.03. The molecule has 0 fully saturated rings. The van der Waals surface area contributed by atoms with Gasteiger partial charge in [-0.25, -0.2) is 0 Å². The van der Waals surface area contributed by atoms with Crippen molar-refractivity contribution in [2.24, 2.45) is 5.41 Å². The number of allylic oxidation sites excluding steroid dienone is 3. The maximum Gasteiger partial charge on any atom is 0.186 e. The van der Waals surface area contributed by atoms with Gasteiger partial charge < -0.3 is 9.84 Å². The molecule has 0 spiro atoms. The SMILES string of the molecule is COc1ccc2c(c1)CCC1(C)C(=CO)C(=O)C=C21. The summed E-state index contributed by atoms with van der Waals surface area (Å²) < 4.78 is 5.24. The summed E-state index contributed by atoms with van der Waals surface area (Å²) in [7, 11) is 1.65. The van der Waals surface area contributed by atoms with E-state index in [1.165, 1.54) is 5.56 Å². The quantitative estimate of drug-likeness (QED) is 0.620. The minimum absolute atomic E-state index is 0.0799. The van der Waals surface area contributed by atoms with Crippen LogP contribution in [-0.2, 0) is 11.2 Å². The number of aryl methyl sites for hydroxylation is 1. The van der Waals surface area contributed by atoms with E-state index in [2.05, 4.69) is 0 Å². The van der Waals surface area contributed by atoms with Gasteiger partial charge in [-0.05, 0) is 47.8 Å². The van der Waals surface area contributed by atoms with Crippen LogP contribution in [0.25, 0.3) is 5.57 Å². The molecule has 0 amide bonds. The highest BCUT2D eigenvalue weighted by molar-refractivity contribution is 6.16. The van der Waals surface area contributed by atoms with Crippen molar-refractivity contribution < 1.29 is 14.6 Å². The molecule has 1 unspecified atom stereocenters. The smallest absolute Gasteiger partial charge is 0.186 e. The van der Waals surface area contributed by atoms with Gasteiger partial charge in [0.25, 0.3) is 0 Å². The molecule has 3 heteroatoms. The van der Waals surface area contributed by atoms with E-state index in [1.54, 1.807) is 13.2 Å². The van der Waals surface area contributed by atoms with Crippen LogP contribution in [0.3, 0.4) is 0 Å². The summed E-state index contributed by atoms with van der Waals surface area (Å²) in [6.07, 6.45) is 4.34. The number of ketones is 1. The molecule has 0 radical (unpaired) electrons. The van der Waals surface area contributed by atoms with Gasteiger partial charge in [-0.3, -0.25) is 4.79 Å². The number of methoxy groups -OCH3 is 1. The second-order valence-corrected chi connectivity index (χ2v) is 5.32. The zero-order valence-electron chi connectivity index (χ0n) is 11.1. The fourth-order valence-corrected chi connectivity index (χ4v) is 3.19. The number of fused-ring (bicyclic) bond motifs is 3. The van der Waals surface area contributed by atoms with Crippen LogP contribution in [0.2, 0.25) is 0 Å². The molecular weight excluding hydrogens is 240 g/mol. The van der Waals surface area contributed by atoms with Gasteiger partial charge in [0.2, 0.25) is 0 Å². The number of carbonyl (C=O) groups is 1. The molecule has 0 bridgehead atoms. The van der Waals surface area contributed by atoms with Crippen LogP contribution in [-0.4, -0.2) is 18.0 Å². The van der Waals surface area contributed by atoms with Crippen LogP contribution in [0.15, 0.2) is 36.1 Å². The Hall–Kier alpha value is -2.03. The van der Waals surface area contributed by atoms with Crippen molar-refractivity contribution in [2.75, 3.05) is 7.11 Å². The highest BCUT2D eigenvalue weighted by atomic mass is 16.5. The molecule has 98 valence electrons. The van der Waals surface area contributed by atoms with Crippen LogP contribution >= 0.6 is 0 Å². The lowest BCUT2D eigenvalue weighted by atomic mass is 9.68. The Balaban J connectivity index is 2.16. The van der Waals surface area contributed by atoms with Crippen molar-refractivity contribution in [3.05, 3.63) is 47.2 Å². The highest BCUT2D eigenvalue weighted by Gasteiger charge is 2.45. The first kappa shape index (κ1) is 12.0. The van der Waals surface area contributed by atoms with Crippen LogP contribution in [0.5, 0.6) is 5.75 Å². The average Bonchev–Trinajstić information content (AvgIpc) is 2.68. The van der Waals surface area contributed by atoms with E-state index in [4.69, 9.17) is 4.74 Å². The van der Waals surface area contributed by atoms with Gasteiger partial charge in [0.15, 0.2) is 5.78 Å². The third-order valence-corrected chi connectivity index (χ3v) is 4.36. The number of benzene rings is 1. The molecule has 1 aromatic carbocycles. The lowest BCUT2D eigenvalue weighted by Gasteiger charge is -2.34. The van der Waals surface area contributed by atoms with Crippen molar-refractivity contribution in [3.63, 3.8) is 0 Å². The summed E-state index contributed by atoms with van der Waals surface area (Å²) in [5.41, 5.74) is 3.47. The first-order valence-electron chi connectivity index (χ1n) is 6.39. The van der Waals surface area contributed by atoms with Crippen LogP contribution in [0, 0.1) is 5.41 Å². The number of aliphatic hydroxyl groups excluding tert-OH is 1. The third kappa shape index (κ3) is 1.54. The van der Waals surface area contributed by atoms with Crippen molar-refractivity contribution in [1.82, 2.24) is 0 Å². The van der Waals surface area contributed by atoms with Gasteiger partial charge in [0.1, 0.15) is 5.75 Å². The third-order valence-electron chi connectivity index (χ3n) is 4.36. The minimum Gasteiger partial charge on any atom is -0.515 e. The fraction of sp³-hybridized carbons (Fsp3) is 0.312. The lowest BCUT2D eigenvalue weighted by Crippen LogP contribution is -2.25. The molecule has 0 saturated carbocycles. The number of aliphatic hydroxyl groups is 1. The normalized spacial score (nSPS) is 26.9. The molecule has 2 aliphatic carbocycles. The highest BCUT2D eigenvalue weighted by Crippen LogP contribution is 2.53. The first-order valence-corrected chi connectivity index (χ1v) is 6.39. The molecule has 1 atom stereocenters. The van der Waals surface area contributed by atoms with Crippen molar-refractivity contribution in [3.8, 4) is 5.75 Å². The predicted octanol–water partition coefficient (Wildman–Crippen LogP) is 3.06. The maximum atomic E-state index is 12.0. The largest absolute Gasteiger partial charge is 0.515 e. The summed E-state index contributed by atoms with van der Waals surface area (Å²) in [6, 6.07) is 5.95. The molecule has 0 saturated heterocycles. The van der Waals surface area contributed by atoms with Crippen molar-refractivity contribution in [1.29, 1.82) is 0 Å². The van der Waals surface area contributed by atoms with E-state index < -0.39 is 0 Å². The minimum atomic E-state index is -0.354. The standard InChI is InChI=1S/C16H16O3/c1-16-6-5-10-7-11(19-2)3-4-12(10)13(16)8-15(18)14(16)9-17/h3-4,7-9,17H,5-6H2,1-2H3. The second kappa shape index (κ2) is 3.98. The molecule has 3 rings (SSSR count). The van der Waals surface area contributed by atoms with Gasteiger partial charge in [-0.2, -0.15) is 0 Å². The van der Waals surface area contributed by atoms with E-state index in [0.717, 1.165) is 36.0 Å². The maximum absolute atomic E-state index is 12.0. The number of ether oxygens (including phenoxy) is 1. The van der Waals surface area contributed by atoms with Crippen LogP contribution in [0.4, 0.5) is 0 Å². The lowest BCUT2D eigenvalue weighted by molar-refractivity contribution is -0.111. The van der Waals surface area contributed by atoms with Crippen LogP contribution in [0.1, 0.15) is 24.5 Å². The van der Waals surface area contributed by atoms with Crippen LogP contribution < -0.4 is 4.74 Å². The zero-order chi connectivity index (χ0) is 13.6. The molecule has 1 aromatic rings. The zero-order valence-corrected chi connectivity index (χ0v) is 11.1. The molecule has 3 nitrogen and oxygen atoms in total. The summed E-state index contributed by atoms with van der Waals surface area (Å²) in [5.74, 6) is 0.758. The molecular formula is C16H16O3. The van der Waals surface area contributed by atoms with Gasteiger partial charge in [-0.1, -0.05) is 13.0 Å². The van der Waals surface area contributed by atoms with Gasteiger partial charge in [0, 0.05) is 11.0 Å². The van der Waals surface area contributed by atoms with Gasteiger partial charge >= 0.3 is 0 Å². The molecule has 0 aliphatic heterocycles. The van der Waals surface area contributed by atoms with E-state index in [1.807, 2.05) is 25.1 Å². The molecule has 0 aromatic heterocycles. The average molecular weight is 256 g/mol. The van der Waals surface area contributed by atoms with Crippen molar-refractivity contribution in [2.45, 2.75) is 19.8 Å². The fourth-order valence-electron chi connectivity index (χ4n) is 3.19. The summed E-state index contributed by atoms with van der Waals surface area (Å²) in [5, 5.41) is 9.33. The summed E-state index contributed by atoms with van der Waals surface area (Å²) in [4.78, 5) is 12.0. The van der Waals surface area contributed by atoms with E-state index in [0.29, 0.717) is 5.57 Å². The summed E-state index contributed by atoms with van der Waals surface area (Å²) >= 11 is 0. The first-order chi connectivity index (χ1) is 9.10. The Bertz CT molecular complexity index is 625. The number of rotatable bonds is 1. The van der Waals surface area contributed by atoms with E-state index in [9.17, 15) is 9.90 Å². The Morgan fingerprint density at radius 3 is 2.89 bits per heavy atom. The monoisotopic (exact) mass is 256 g/mol. The number of hydrogen-bond donors (Lipinski definition) is 1. The topological polar surface area (TPSA) is 46.5 Å².